The van der Waals surface area contributed by atoms with E-state index in [0.29, 0.717) is 5.56 Å². The van der Waals surface area contributed by atoms with Gasteiger partial charge < -0.3 is 20.5 Å². The van der Waals surface area contributed by atoms with E-state index in [-0.39, 0.29) is 23.9 Å². The molecule has 0 spiro atoms. The number of carbonyl (C=O) groups is 1. The summed E-state index contributed by atoms with van der Waals surface area (Å²) in [5.74, 6) is -1.43. The minimum absolute atomic E-state index is 0.0384. The number of carbonyl (C=O) groups excluding carboxylic acids is 1. The molecule has 3 N–H and O–H groups in total. The summed E-state index contributed by atoms with van der Waals surface area (Å²) in [6.07, 6.45) is 1.00. The van der Waals surface area contributed by atoms with E-state index in [1.807, 2.05) is 0 Å². The van der Waals surface area contributed by atoms with Crippen molar-refractivity contribution in [3.63, 3.8) is 0 Å². The molecular weight excluding hydrogens is 472 g/mol. The number of alkyl carbamates (subject to hydrolysis) is 1. The fraction of sp³-hybridized carbons (Fsp3) is 0.615. The minimum Gasteiger partial charge on any atom is -0.444 e. The largest absolute Gasteiger partial charge is 0.444 e. The summed E-state index contributed by atoms with van der Waals surface area (Å²) < 4.78 is 32.8. The molecule has 1 aliphatic rings. The number of thiazole rings is 1. The topological polar surface area (TPSA) is 83.5 Å². The number of nitrogens with one attached hydrogen (secondary N) is 2. The van der Waals surface area contributed by atoms with Crippen LogP contribution in [0, 0.1) is 17.0 Å². The van der Waals surface area contributed by atoms with E-state index in [1.165, 1.54) is 12.1 Å². The maximum absolute atomic E-state index is 13.7. The van der Waals surface area contributed by atoms with E-state index >= 15 is 0 Å². The Hall–Kier alpha value is -2.10. The van der Waals surface area contributed by atoms with E-state index in [1.54, 1.807) is 32.1 Å². The Bertz CT molecular complexity index is 1010. The molecule has 2 atom stereocenters. The van der Waals surface area contributed by atoms with Crippen LogP contribution in [0.25, 0.3) is 0 Å². The third-order valence-corrected chi connectivity index (χ3v) is 6.71. The van der Waals surface area contributed by atoms with Crippen molar-refractivity contribution in [2.75, 3.05) is 6.54 Å². The molecular formula is C26H37F2N3O3S. The number of ether oxygens (including phenoxy) is 1. The lowest BCUT2D eigenvalue weighted by molar-refractivity contribution is 0.0419. The number of hydrogen-bond acceptors (Lipinski definition) is 6. The van der Waals surface area contributed by atoms with Gasteiger partial charge in [-0.05, 0) is 69.6 Å². The van der Waals surface area contributed by atoms with E-state index < -0.39 is 35.5 Å². The standard InChI is InChI=1S/C26H37F2N3O3S/c1-24(2,3)13-19-15-35-22(30-19)26(7-8-26)29-14-21(32)20(31-23(33)34-25(4,5)6)11-16-9-17(27)12-18(28)10-16/h9-10,12,15,20-21,29,32H,7-8,11,13-14H2,1-6H3,(H,31,33). The predicted molar refractivity (Wildman–Crippen MR) is 133 cm³/mol. The molecule has 194 valence electrons. The molecule has 6 nitrogen and oxygen atoms in total. The maximum Gasteiger partial charge on any atom is 0.407 e. The number of benzene rings is 1. The van der Waals surface area contributed by atoms with Crippen molar-refractivity contribution in [1.82, 2.24) is 15.6 Å². The van der Waals surface area contributed by atoms with Gasteiger partial charge in [0.25, 0.3) is 0 Å². The van der Waals surface area contributed by atoms with Crippen molar-refractivity contribution >= 4 is 17.4 Å². The van der Waals surface area contributed by atoms with Crippen LogP contribution in [0.2, 0.25) is 0 Å². The van der Waals surface area contributed by atoms with Gasteiger partial charge in [-0.2, -0.15) is 0 Å². The fourth-order valence-corrected chi connectivity index (χ4v) is 4.97. The first kappa shape index (κ1) is 27.5. The SMILES string of the molecule is CC(C)(C)Cc1csc(C2(NCC(O)C(Cc3cc(F)cc(F)c3)NC(=O)OC(C)(C)C)CC2)n1. The van der Waals surface area contributed by atoms with Crippen LogP contribution in [-0.2, 0) is 23.1 Å². The fourth-order valence-electron chi connectivity index (χ4n) is 3.91. The first-order valence-electron chi connectivity index (χ1n) is 12.0. The molecule has 9 heteroatoms. The number of rotatable bonds is 9. The molecule has 0 aliphatic heterocycles. The summed E-state index contributed by atoms with van der Waals surface area (Å²) in [5, 5.41) is 20.2. The van der Waals surface area contributed by atoms with Gasteiger partial charge in [-0.3, -0.25) is 0 Å². The number of halogens is 2. The molecule has 1 fully saturated rings. The van der Waals surface area contributed by atoms with Crippen LogP contribution in [0.4, 0.5) is 13.6 Å². The van der Waals surface area contributed by atoms with Gasteiger partial charge in [-0.15, -0.1) is 11.3 Å². The van der Waals surface area contributed by atoms with Crippen molar-refractivity contribution in [2.45, 2.75) is 90.5 Å². The van der Waals surface area contributed by atoms with Crippen LogP contribution < -0.4 is 10.6 Å². The number of aromatic nitrogens is 1. The number of aliphatic hydroxyl groups excluding tert-OH is 1. The molecule has 0 saturated heterocycles. The van der Waals surface area contributed by atoms with Gasteiger partial charge in [0.1, 0.15) is 22.2 Å². The van der Waals surface area contributed by atoms with Crippen molar-refractivity contribution in [3.05, 3.63) is 51.5 Å². The summed E-state index contributed by atoms with van der Waals surface area (Å²) in [7, 11) is 0. The molecule has 1 aromatic heterocycles. The van der Waals surface area contributed by atoms with Gasteiger partial charge in [0.15, 0.2) is 0 Å². The highest BCUT2D eigenvalue weighted by Crippen LogP contribution is 2.47. The highest BCUT2D eigenvalue weighted by molar-refractivity contribution is 7.09. The Morgan fingerprint density at radius 2 is 1.80 bits per heavy atom. The van der Waals surface area contributed by atoms with Crippen LogP contribution in [0.1, 0.15) is 70.6 Å². The van der Waals surface area contributed by atoms with Crippen molar-refractivity contribution in [3.8, 4) is 0 Å². The maximum atomic E-state index is 13.7. The minimum atomic E-state index is -1.03. The van der Waals surface area contributed by atoms with E-state index in [9.17, 15) is 18.7 Å². The second-order valence-electron chi connectivity index (χ2n) is 11.6. The Morgan fingerprint density at radius 3 is 2.34 bits per heavy atom. The summed E-state index contributed by atoms with van der Waals surface area (Å²) in [6, 6.07) is 2.36. The third-order valence-electron chi connectivity index (χ3n) is 5.62. The van der Waals surface area contributed by atoms with Crippen LogP contribution >= 0.6 is 11.3 Å². The first-order valence-corrected chi connectivity index (χ1v) is 12.8. The molecule has 1 heterocycles. The van der Waals surface area contributed by atoms with Gasteiger partial charge >= 0.3 is 6.09 Å². The van der Waals surface area contributed by atoms with Crippen LogP contribution in [0.15, 0.2) is 23.6 Å². The second kappa shape index (κ2) is 10.5. The molecule has 2 unspecified atom stereocenters. The van der Waals surface area contributed by atoms with E-state index in [0.717, 1.165) is 36.0 Å². The molecule has 1 saturated carbocycles. The smallest absolute Gasteiger partial charge is 0.407 e. The molecule has 1 aromatic carbocycles. The number of nitrogens with zero attached hydrogens (tertiary/aromatic N) is 1. The highest BCUT2D eigenvalue weighted by Gasteiger charge is 2.47. The third kappa shape index (κ3) is 8.51. The van der Waals surface area contributed by atoms with Crippen molar-refractivity contribution in [1.29, 1.82) is 0 Å². The van der Waals surface area contributed by atoms with Gasteiger partial charge in [0.05, 0.1) is 23.4 Å². The zero-order chi connectivity index (χ0) is 26.0. The Morgan fingerprint density at radius 1 is 1.17 bits per heavy atom. The van der Waals surface area contributed by atoms with Crippen LogP contribution in [0.5, 0.6) is 0 Å². The van der Waals surface area contributed by atoms with Crippen molar-refractivity contribution in [2.24, 2.45) is 5.41 Å². The van der Waals surface area contributed by atoms with E-state index in [4.69, 9.17) is 9.72 Å². The van der Waals surface area contributed by atoms with Crippen LogP contribution in [-0.4, -0.2) is 40.5 Å². The lowest BCUT2D eigenvalue weighted by atomic mass is 9.91. The summed E-state index contributed by atoms with van der Waals surface area (Å²) in [5.41, 5.74) is 0.515. The average molecular weight is 510 g/mol. The normalized spacial score (nSPS) is 17.1. The summed E-state index contributed by atoms with van der Waals surface area (Å²) in [4.78, 5) is 17.3. The summed E-state index contributed by atoms with van der Waals surface area (Å²) in [6.45, 7) is 11.9. The Kier molecular flexibility index (Phi) is 8.23. The number of amides is 1. The molecule has 1 amide bonds. The summed E-state index contributed by atoms with van der Waals surface area (Å²) >= 11 is 1.61. The van der Waals surface area contributed by atoms with Gasteiger partial charge in [0, 0.05) is 18.0 Å². The van der Waals surface area contributed by atoms with Crippen molar-refractivity contribution < 1.29 is 23.4 Å². The van der Waals surface area contributed by atoms with Crippen LogP contribution in [0.3, 0.4) is 0 Å². The second-order valence-corrected chi connectivity index (χ2v) is 12.5. The average Bonchev–Trinajstić information content (AvgIpc) is 3.33. The molecule has 0 radical (unpaired) electrons. The first-order chi connectivity index (χ1) is 16.1. The molecule has 35 heavy (non-hydrogen) atoms. The van der Waals surface area contributed by atoms with E-state index in [2.05, 4.69) is 36.8 Å². The molecule has 3 rings (SSSR count). The zero-order valence-corrected chi connectivity index (χ0v) is 22.2. The number of aliphatic hydroxyl groups is 1. The van der Waals surface area contributed by atoms with Gasteiger partial charge in [-0.25, -0.2) is 18.6 Å². The number of hydrogen-bond donors (Lipinski definition) is 3. The van der Waals surface area contributed by atoms with Gasteiger partial charge in [0.2, 0.25) is 0 Å². The molecule has 0 bridgehead atoms. The lowest BCUT2D eigenvalue weighted by Gasteiger charge is -2.28. The monoisotopic (exact) mass is 509 g/mol. The Labute approximate surface area is 210 Å². The molecule has 1 aliphatic carbocycles. The predicted octanol–water partition coefficient (Wildman–Crippen LogP) is 5.09. The lowest BCUT2D eigenvalue weighted by Crippen LogP contribution is -2.51. The Balaban J connectivity index is 1.69. The molecule has 2 aromatic rings. The highest BCUT2D eigenvalue weighted by atomic mass is 32.1. The quantitative estimate of drug-likeness (QED) is 0.439. The zero-order valence-electron chi connectivity index (χ0n) is 21.4. The van der Waals surface area contributed by atoms with Gasteiger partial charge in [-0.1, -0.05) is 20.8 Å².